The van der Waals surface area contributed by atoms with Crippen molar-refractivity contribution in [3.63, 3.8) is 0 Å². The van der Waals surface area contributed by atoms with Gasteiger partial charge in [0.05, 0.1) is 13.2 Å². The number of aliphatic carboxylic acids is 1. The molecule has 5 nitrogen and oxygen atoms in total. The molecule has 2 aromatic rings. The van der Waals surface area contributed by atoms with Crippen LogP contribution in [0.15, 0.2) is 48.5 Å². The van der Waals surface area contributed by atoms with Crippen LogP contribution in [0.3, 0.4) is 0 Å². The highest BCUT2D eigenvalue weighted by atomic mass is 35.5. The molecule has 6 heteroatoms. The van der Waals surface area contributed by atoms with E-state index in [0.29, 0.717) is 25.7 Å². The Labute approximate surface area is 172 Å². The smallest absolute Gasteiger partial charge is 0.317 e. The maximum Gasteiger partial charge on any atom is 0.317 e. The Hall–Kier alpha value is -2.08. The largest absolute Gasteiger partial charge is 0.491 e. The van der Waals surface area contributed by atoms with Crippen LogP contribution in [-0.4, -0.2) is 44.5 Å². The summed E-state index contributed by atoms with van der Waals surface area (Å²) in [5.41, 5.74) is 3.90. The molecule has 28 heavy (non-hydrogen) atoms. The van der Waals surface area contributed by atoms with E-state index in [2.05, 4.69) is 41.7 Å². The molecular weight excluding hydrogens is 378 g/mol. The van der Waals surface area contributed by atoms with Gasteiger partial charge < -0.3 is 19.9 Å². The second-order valence-electron chi connectivity index (χ2n) is 6.91. The lowest BCUT2D eigenvalue weighted by molar-refractivity contribution is -0.136. The number of fused-ring (bicyclic) bond motifs is 1. The lowest BCUT2D eigenvalue weighted by Gasteiger charge is -2.34. The molecule has 1 aliphatic rings. The van der Waals surface area contributed by atoms with Gasteiger partial charge in [0, 0.05) is 13.0 Å². The third kappa shape index (κ3) is 5.71. The maximum absolute atomic E-state index is 10.9. The predicted octanol–water partition coefficient (Wildman–Crippen LogP) is 3.50. The molecule has 0 aromatic heterocycles. The van der Waals surface area contributed by atoms with Crippen LogP contribution in [0, 0.1) is 5.92 Å². The zero-order valence-corrected chi connectivity index (χ0v) is 16.9. The van der Waals surface area contributed by atoms with E-state index in [4.69, 9.17) is 14.6 Å². The molecule has 2 aromatic carbocycles. The van der Waals surface area contributed by atoms with Crippen molar-refractivity contribution in [1.29, 1.82) is 0 Å². The maximum atomic E-state index is 10.9. The predicted molar refractivity (Wildman–Crippen MR) is 112 cm³/mol. The lowest BCUT2D eigenvalue weighted by Crippen LogP contribution is -2.34. The van der Waals surface area contributed by atoms with E-state index >= 15 is 0 Å². The normalized spacial score (nSPS) is 18.0. The first-order valence-electron chi connectivity index (χ1n) is 9.41. The first-order chi connectivity index (χ1) is 13.2. The fourth-order valence-corrected chi connectivity index (χ4v) is 3.89. The number of rotatable bonds is 9. The molecule has 1 aliphatic carbocycles. The molecular formula is C22H28ClNO4. The minimum atomic E-state index is -0.819. The van der Waals surface area contributed by atoms with Crippen LogP contribution >= 0.6 is 12.4 Å². The minimum Gasteiger partial charge on any atom is -0.491 e. The summed E-state index contributed by atoms with van der Waals surface area (Å²) in [6, 6.07) is 16.8. The number of carbonyl (C=O) groups is 1. The number of hydrogen-bond acceptors (Lipinski definition) is 4. The van der Waals surface area contributed by atoms with E-state index < -0.39 is 5.97 Å². The van der Waals surface area contributed by atoms with Crippen molar-refractivity contribution in [1.82, 2.24) is 5.32 Å². The van der Waals surface area contributed by atoms with Gasteiger partial charge in [-0.15, -0.1) is 12.4 Å². The first kappa shape index (κ1) is 22.2. The zero-order chi connectivity index (χ0) is 19.1. The van der Waals surface area contributed by atoms with Crippen LogP contribution in [0.2, 0.25) is 0 Å². The van der Waals surface area contributed by atoms with Crippen LogP contribution in [0.4, 0.5) is 0 Å². The molecule has 0 heterocycles. The number of carboxylic acids is 1. The molecule has 0 saturated carbocycles. The van der Waals surface area contributed by atoms with Crippen molar-refractivity contribution < 1.29 is 19.4 Å². The monoisotopic (exact) mass is 405 g/mol. The van der Waals surface area contributed by atoms with Gasteiger partial charge >= 0.3 is 5.97 Å². The number of ether oxygens (including phenoxy) is 2. The Morgan fingerprint density at radius 1 is 1.18 bits per heavy atom. The number of nitrogens with one attached hydrogen (secondary N) is 1. The highest BCUT2D eigenvalue weighted by molar-refractivity contribution is 5.85. The summed E-state index contributed by atoms with van der Waals surface area (Å²) in [5, 5.41) is 12.0. The first-order valence-corrected chi connectivity index (χ1v) is 9.41. The van der Waals surface area contributed by atoms with Crippen molar-refractivity contribution in [2.24, 2.45) is 5.92 Å². The van der Waals surface area contributed by atoms with E-state index in [-0.39, 0.29) is 24.9 Å². The Morgan fingerprint density at radius 3 is 2.68 bits per heavy atom. The minimum absolute atomic E-state index is 0. The Kier molecular flexibility index (Phi) is 8.77. The molecule has 0 aliphatic heterocycles. The molecule has 2 N–H and O–H groups in total. The van der Waals surface area contributed by atoms with Gasteiger partial charge in [-0.2, -0.15) is 0 Å². The topological polar surface area (TPSA) is 67.8 Å². The number of halogens is 1. The van der Waals surface area contributed by atoms with E-state index in [1.807, 2.05) is 12.1 Å². The van der Waals surface area contributed by atoms with Crippen LogP contribution in [0.1, 0.15) is 29.0 Å². The molecule has 2 atom stereocenters. The Morgan fingerprint density at radius 2 is 1.96 bits per heavy atom. The van der Waals surface area contributed by atoms with Crippen molar-refractivity contribution in [2.75, 3.05) is 33.4 Å². The average Bonchev–Trinajstić information content (AvgIpc) is 2.68. The van der Waals surface area contributed by atoms with E-state index in [1.165, 1.54) is 16.7 Å². The van der Waals surface area contributed by atoms with Gasteiger partial charge in [0.1, 0.15) is 12.4 Å². The molecule has 0 saturated heterocycles. The fourth-order valence-electron chi connectivity index (χ4n) is 3.89. The second kappa shape index (κ2) is 11.1. The molecule has 2 unspecified atom stereocenters. The van der Waals surface area contributed by atoms with Gasteiger partial charge in [-0.05, 0) is 54.1 Å². The van der Waals surface area contributed by atoms with Gasteiger partial charge in [0.25, 0.3) is 0 Å². The number of benzene rings is 2. The number of carboxylic acid groups (broad SMARTS) is 1. The molecule has 0 spiro atoms. The van der Waals surface area contributed by atoms with Gasteiger partial charge in [-0.3, -0.25) is 4.79 Å². The average molecular weight is 406 g/mol. The third-order valence-electron chi connectivity index (χ3n) is 5.10. The summed E-state index contributed by atoms with van der Waals surface area (Å²) in [7, 11) is 1.67. The van der Waals surface area contributed by atoms with Crippen molar-refractivity contribution in [3.05, 3.63) is 65.2 Å². The standard InChI is InChI=1S/C22H27NO4.ClH/c1-26-11-12-27-19-9-10-20-17(13-19)7-8-18(14-23-15-21(24)25)22(20)16-5-3-2-4-6-16;/h2-6,9-10,13,18,22-23H,7-8,11-12,14-15H2,1H3,(H,24,25);1H. The van der Waals surface area contributed by atoms with E-state index in [1.54, 1.807) is 7.11 Å². The zero-order valence-electron chi connectivity index (χ0n) is 16.1. The number of aryl methyl sites for hydroxylation is 1. The van der Waals surface area contributed by atoms with Crippen molar-refractivity contribution in [3.8, 4) is 5.75 Å². The number of hydrogen-bond donors (Lipinski definition) is 2. The van der Waals surface area contributed by atoms with Crippen LogP contribution in [-0.2, 0) is 16.0 Å². The van der Waals surface area contributed by atoms with E-state index in [0.717, 1.165) is 18.6 Å². The summed E-state index contributed by atoms with van der Waals surface area (Å²) in [6.07, 6.45) is 1.99. The summed E-state index contributed by atoms with van der Waals surface area (Å²) in [4.78, 5) is 10.9. The fraction of sp³-hybridized carbons (Fsp3) is 0.409. The van der Waals surface area contributed by atoms with Crippen LogP contribution in [0.5, 0.6) is 5.75 Å². The quantitative estimate of drug-likeness (QED) is 0.625. The van der Waals surface area contributed by atoms with E-state index in [9.17, 15) is 4.79 Å². The third-order valence-corrected chi connectivity index (χ3v) is 5.10. The summed E-state index contributed by atoms with van der Waals surface area (Å²) >= 11 is 0. The van der Waals surface area contributed by atoms with Crippen LogP contribution < -0.4 is 10.1 Å². The van der Waals surface area contributed by atoms with Crippen LogP contribution in [0.25, 0.3) is 0 Å². The summed E-state index contributed by atoms with van der Waals surface area (Å²) in [6.45, 7) is 1.80. The van der Waals surface area contributed by atoms with Gasteiger partial charge in [0.15, 0.2) is 0 Å². The molecule has 0 amide bonds. The van der Waals surface area contributed by atoms with Gasteiger partial charge in [-0.25, -0.2) is 0 Å². The molecule has 3 rings (SSSR count). The van der Waals surface area contributed by atoms with Crippen molar-refractivity contribution >= 4 is 18.4 Å². The summed E-state index contributed by atoms with van der Waals surface area (Å²) in [5.74, 6) is 0.671. The SMILES string of the molecule is COCCOc1ccc2c(c1)CCC(CNCC(=O)O)C2c1ccccc1.Cl. The van der Waals surface area contributed by atoms with Crippen molar-refractivity contribution in [2.45, 2.75) is 18.8 Å². The van der Waals surface area contributed by atoms with Gasteiger partial charge in [-0.1, -0.05) is 36.4 Å². The number of methoxy groups -OCH3 is 1. The Balaban J connectivity index is 0.00000280. The Bertz CT molecular complexity index is 753. The second-order valence-corrected chi connectivity index (χ2v) is 6.91. The molecule has 152 valence electrons. The molecule has 0 bridgehead atoms. The molecule has 0 fully saturated rings. The highest BCUT2D eigenvalue weighted by Gasteiger charge is 2.30. The highest BCUT2D eigenvalue weighted by Crippen LogP contribution is 2.41. The molecule has 0 radical (unpaired) electrons. The lowest BCUT2D eigenvalue weighted by atomic mass is 9.71. The summed E-state index contributed by atoms with van der Waals surface area (Å²) < 4.78 is 10.8. The van der Waals surface area contributed by atoms with Gasteiger partial charge in [0.2, 0.25) is 0 Å².